The van der Waals surface area contributed by atoms with E-state index in [9.17, 15) is 4.79 Å². The molecule has 1 heterocycles. The Balaban J connectivity index is 2.47. The van der Waals surface area contributed by atoms with Crippen molar-refractivity contribution in [3.05, 3.63) is 42.2 Å². The van der Waals surface area contributed by atoms with Crippen molar-refractivity contribution in [1.82, 2.24) is 4.57 Å². The largest absolute Gasteiger partial charge is 0.461 e. The number of aryl methyl sites for hydroxylation is 1. The quantitative estimate of drug-likeness (QED) is 0.844. The van der Waals surface area contributed by atoms with Crippen molar-refractivity contribution in [1.29, 1.82) is 0 Å². The Kier molecular flexibility index (Phi) is 3.37. The van der Waals surface area contributed by atoms with Crippen molar-refractivity contribution in [2.75, 3.05) is 12.3 Å². The SMILES string of the molecule is CCOC(=O)c1c(N)c(-c2ccccc2)cn1C. The molecular formula is C14H16N2O2. The van der Waals surface area contributed by atoms with E-state index in [2.05, 4.69) is 0 Å². The van der Waals surface area contributed by atoms with Crippen LogP contribution in [-0.2, 0) is 11.8 Å². The zero-order chi connectivity index (χ0) is 13.1. The van der Waals surface area contributed by atoms with E-state index in [0.29, 0.717) is 18.0 Å². The Bertz CT molecular complexity index is 559. The van der Waals surface area contributed by atoms with Crippen LogP contribution in [-0.4, -0.2) is 17.1 Å². The van der Waals surface area contributed by atoms with E-state index >= 15 is 0 Å². The Morgan fingerprint density at radius 1 is 1.33 bits per heavy atom. The summed E-state index contributed by atoms with van der Waals surface area (Å²) < 4.78 is 6.70. The average Bonchev–Trinajstić information content (AvgIpc) is 2.66. The molecular weight excluding hydrogens is 228 g/mol. The van der Waals surface area contributed by atoms with Gasteiger partial charge >= 0.3 is 5.97 Å². The molecule has 2 N–H and O–H groups in total. The Morgan fingerprint density at radius 2 is 2.00 bits per heavy atom. The predicted octanol–water partition coefficient (Wildman–Crippen LogP) is 2.45. The molecule has 2 aromatic rings. The molecule has 0 fully saturated rings. The molecule has 0 atom stereocenters. The van der Waals surface area contributed by atoms with Gasteiger partial charge in [0.1, 0.15) is 0 Å². The molecule has 0 aliphatic carbocycles. The molecule has 1 aromatic heterocycles. The Hall–Kier alpha value is -2.23. The molecule has 0 saturated heterocycles. The molecule has 2 rings (SSSR count). The van der Waals surface area contributed by atoms with Crippen molar-refractivity contribution in [3.63, 3.8) is 0 Å². The summed E-state index contributed by atoms with van der Waals surface area (Å²) in [4.78, 5) is 11.8. The highest BCUT2D eigenvalue weighted by atomic mass is 16.5. The number of aromatic nitrogens is 1. The summed E-state index contributed by atoms with van der Waals surface area (Å²) in [6.45, 7) is 2.11. The second-order valence-corrected chi connectivity index (χ2v) is 4.00. The summed E-state index contributed by atoms with van der Waals surface area (Å²) in [6, 6.07) is 9.73. The Morgan fingerprint density at radius 3 is 2.61 bits per heavy atom. The van der Waals surface area contributed by atoms with Gasteiger partial charge in [-0.15, -0.1) is 0 Å². The summed E-state index contributed by atoms with van der Waals surface area (Å²) in [5.74, 6) is -0.389. The van der Waals surface area contributed by atoms with Gasteiger partial charge in [0.05, 0.1) is 12.3 Å². The third-order valence-corrected chi connectivity index (χ3v) is 2.77. The highest BCUT2D eigenvalue weighted by Gasteiger charge is 2.19. The second kappa shape index (κ2) is 4.96. The topological polar surface area (TPSA) is 57.2 Å². The number of hydrogen-bond acceptors (Lipinski definition) is 3. The number of rotatable bonds is 3. The molecule has 0 unspecified atom stereocenters. The Labute approximate surface area is 106 Å². The van der Waals surface area contributed by atoms with Gasteiger partial charge in [0.25, 0.3) is 0 Å². The van der Waals surface area contributed by atoms with Crippen molar-refractivity contribution in [3.8, 4) is 11.1 Å². The van der Waals surface area contributed by atoms with Crippen LogP contribution in [0.3, 0.4) is 0 Å². The fraction of sp³-hybridized carbons (Fsp3) is 0.214. The lowest BCUT2D eigenvalue weighted by atomic mass is 10.1. The van der Waals surface area contributed by atoms with Gasteiger partial charge in [-0.3, -0.25) is 0 Å². The smallest absolute Gasteiger partial charge is 0.357 e. The highest BCUT2D eigenvalue weighted by Crippen LogP contribution is 2.30. The van der Waals surface area contributed by atoms with Gasteiger partial charge in [-0.05, 0) is 12.5 Å². The van der Waals surface area contributed by atoms with Crippen molar-refractivity contribution < 1.29 is 9.53 Å². The number of nitrogens with zero attached hydrogens (tertiary/aromatic N) is 1. The molecule has 4 heteroatoms. The molecule has 1 aromatic carbocycles. The van der Waals surface area contributed by atoms with E-state index in [-0.39, 0.29) is 5.97 Å². The summed E-state index contributed by atoms with van der Waals surface area (Å²) in [6.07, 6.45) is 1.84. The van der Waals surface area contributed by atoms with Crippen molar-refractivity contribution in [2.24, 2.45) is 7.05 Å². The number of anilines is 1. The molecule has 4 nitrogen and oxygen atoms in total. The first-order chi connectivity index (χ1) is 8.65. The van der Waals surface area contributed by atoms with Gasteiger partial charge in [0.2, 0.25) is 0 Å². The molecule has 0 saturated carbocycles. The fourth-order valence-corrected chi connectivity index (χ4v) is 1.95. The third-order valence-electron chi connectivity index (χ3n) is 2.77. The average molecular weight is 244 g/mol. The minimum absolute atomic E-state index is 0.337. The van der Waals surface area contributed by atoms with Crippen LogP contribution in [0.25, 0.3) is 11.1 Å². The van der Waals surface area contributed by atoms with E-state index in [4.69, 9.17) is 10.5 Å². The number of nitrogen functional groups attached to an aromatic ring is 1. The number of carbonyl (C=O) groups excluding carboxylic acids is 1. The predicted molar refractivity (Wildman–Crippen MR) is 71.2 cm³/mol. The third kappa shape index (κ3) is 2.09. The fourth-order valence-electron chi connectivity index (χ4n) is 1.95. The first-order valence-electron chi connectivity index (χ1n) is 5.82. The minimum Gasteiger partial charge on any atom is -0.461 e. The molecule has 0 aliphatic rings. The van der Waals surface area contributed by atoms with Gasteiger partial charge in [-0.25, -0.2) is 4.79 Å². The standard InChI is InChI=1S/C14H16N2O2/c1-3-18-14(17)13-12(15)11(9-16(13)2)10-7-5-4-6-8-10/h4-9H,3,15H2,1-2H3. The molecule has 0 aliphatic heterocycles. The maximum Gasteiger partial charge on any atom is 0.357 e. The van der Waals surface area contributed by atoms with E-state index < -0.39 is 0 Å². The van der Waals surface area contributed by atoms with Crippen LogP contribution < -0.4 is 5.73 Å². The van der Waals surface area contributed by atoms with Gasteiger partial charge < -0.3 is 15.0 Å². The van der Waals surface area contributed by atoms with Crippen molar-refractivity contribution in [2.45, 2.75) is 6.92 Å². The molecule has 0 bridgehead atoms. The lowest BCUT2D eigenvalue weighted by molar-refractivity contribution is 0.0516. The van der Waals surface area contributed by atoms with Crippen LogP contribution in [0.4, 0.5) is 5.69 Å². The number of hydrogen-bond donors (Lipinski definition) is 1. The number of esters is 1. The minimum atomic E-state index is -0.389. The number of nitrogens with two attached hydrogens (primary N) is 1. The summed E-state index contributed by atoms with van der Waals surface area (Å²) in [5.41, 5.74) is 8.74. The maximum absolute atomic E-state index is 11.8. The number of ether oxygens (including phenoxy) is 1. The highest BCUT2D eigenvalue weighted by molar-refractivity contribution is 5.98. The zero-order valence-corrected chi connectivity index (χ0v) is 10.5. The number of carbonyl (C=O) groups is 1. The molecule has 94 valence electrons. The second-order valence-electron chi connectivity index (χ2n) is 4.00. The van der Waals surface area contributed by atoms with Gasteiger partial charge in [-0.2, -0.15) is 0 Å². The van der Waals surface area contributed by atoms with Crippen LogP contribution in [0.1, 0.15) is 17.4 Å². The molecule has 0 amide bonds. The maximum atomic E-state index is 11.8. The van der Waals surface area contributed by atoms with Crippen LogP contribution >= 0.6 is 0 Å². The lowest BCUT2D eigenvalue weighted by Crippen LogP contribution is -2.11. The molecule has 18 heavy (non-hydrogen) atoms. The van der Waals surface area contributed by atoms with Crippen LogP contribution in [0.2, 0.25) is 0 Å². The molecule has 0 spiro atoms. The summed E-state index contributed by atoms with van der Waals surface area (Å²) in [7, 11) is 1.79. The van der Waals surface area contributed by atoms with Crippen molar-refractivity contribution >= 4 is 11.7 Å². The summed E-state index contributed by atoms with van der Waals surface area (Å²) in [5, 5.41) is 0. The normalized spacial score (nSPS) is 10.3. The van der Waals surface area contributed by atoms with E-state index in [1.54, 1.807) is 18.5 Å². The molecule has 0 radical (unpaired) electrons. The van der Waals surface area contributed by atoms with E-state index in [1.165, 1.54) is 0 Å². The summed E-state index contributed by atoms with van der Waals surface area (Å²) >= 11 is 0. The van der Waals surface area contributed by atoms with E-state index in [1.807, 2.05) is 36.5 Å². The number of benzene rings is 1. The monoisotopic (exact) mass is 244 g/mol. The van der Waals surface area contributed by atoms with Crippen LogP contribution in [0, 0.1) is 0 Å². The van der Waals surface area contributed by atoms with Crippen LogP contribution in [0.5, 0.6) is 0 Å². The zero-order valence-electron chi connectivity index (χ0n) is 10.5. The van der Waals surface area contributed by atoms with Gasteiger partial charge in [0, 0.05) is 18.8 Å². The van der Waals surface area contributed by atoms with E-state index in [0.717, 1.165) is 11.1 Å². The van der Waals surface area contributed by atoms with Gasteiger partial charge in [0.15, 0.2) is 5.69 Å². The first-order valence-corrected chi connectivity index (χ1v) is 5.82. The van der Waals surface area contributed by atoms with Crippen LogP contribution in [0.15, 0.2) is 36.5 Å². The lowest BCUT2D eigenvalue weighted by Gasteiger charge is -2.04. The van der Waals surface area contributed by atoms with Gasteiger partial charge in [-0.1, -0.05) is 30.3 Å². The first kappa shape index (κ1) is 12.2.